The Morgan fingerprint density at radius 2 is 1.82 bits per heavy atom. The third-order valence-corrected chi connectivity index (χ3v) is 5.83. The Morgan fingerprint density at radius 1 is 1.12 bits per heavy atom. The fraction of sp³-hybridized carbons (Fsp3) is 0.185. The van der Waals surface area contributed by atoms with Crippen molar-refractivity contribution >= 4 is 22.8 Å². The van der Waals surface area contributed by atoms with Gasteiger partial charge in [0.25, 0.3) is 5.78 Å². The van der Waals surface area contributed by atoms with Crippen LogP contribution in [0.4, 0.5) is 4.39 Å². The second kappa shape index (κ2) is 9.39. The van der Waals surface area contributed by atoms with Crippen LogP contribution in [-0.2, 0) is 25.6 Å². The van der Waals surface area contributed by atoms with E-state index in [0.717, 1.165) is 16.7 Å². The summed E-state index contributed by atoms with van der Waals surface area (Å²) < 4.78 is 29.9. The van der Waals surface area contributed by atoms with Crippen LogP contribution in [0.2, 0.25) is 0 Å². The summed E-state index contributed by atoms with van der Waals surface area (Å²) in [6.07, 6.45) is 6.66. The Bertz CT molecular complexity index is 1300. The summed E-state index contributed by atoms with van der Waals surface area (Å²) in [6, 6.07) is 8.03. The van der Waals surface area contributed by atoms with Gasteiger partial charge in [0.1, 0.15) is 11.6 Å². The topological polar surface area (TPSA) is 77.8 Å². The van der Waals surface area contributed by atoms with E-state index in [1.807, 2.05) is 13.0 Å². The van der Waals surface area contributed by atoms with Gasteiger partial charge in [0.15, 0.2) is 11.5 Å². The van der Waals surface area contributed by atoms with Gasteiger partial charge in [-0.2, -0.15) is 0 Å². The number of ketones is 1. The Kier molecular flexibility index (Phi) is 6.36. The van der Waals surface area contributed by atoms with Crippen molar-refractivity contribution in [2.75, 3.05) is 14.2 Å². The fourth-order valence-electron chi connectivity index (χ4n) is 4.14. The van der Waals surface area contributed by atoms with Crippen molar-refractivity contribution in [2.45, 2.75) is 20.4 Å². The first-order chi connectivity index (χ1) is 16.3. The van der Waals surface area contributed by atoms with E-state index in [0.29, 0.717) is 28.0 Å². The van der Waals surface area contributed by atoms with Crippen molar-refractivity contribution in [3.63, 3.8) is 0 Å². The van der Waals surface area contributed by atoms with Gasteiger partial charge in [-0.25, -0.2) is 4.39 Å². The van der Waals surface area contributed by atoms with Crippen LogP contribution in [0.5, 0.6) is 0 Å². The van der Waals surface area contributed by atoms with Crippen molar-refractivity contribution in [1.29, 1.82) is 0 Å². The minimum atomic E-state index is -0.395. The number of fused-ring (bicyclic) bond motifs is 1. The summed E-state index contributed by atoms with van der Waals surface area (Å²) in [5, 5.41) is 2.84. The summed E-state index contributed by atoms with van der Waals surface area (Å²) in [4.78, 5) is 25.2. The maximum Gasteiger partial charge on any atom is 0.261 e. The quantitative estimate of drug-likeness (QED) is 0.622. The van der Waals surface area contributed by atoms with Gasteiger partial charge in [-0.3, -0.25) is 9.59 Å². The summed E-state index contributed by atoms with van der Waals surface area (Å²) in [5.74, 6) is -0.0633. The lowest BCUT2D eigenvalue weighted by Gasteiger charge is -2.14. The molecule has 6 nitrogen and oxygen atoms in total. The maximum absolute atomic E-state index is 14.2. The van der Waals surface area contributed by atoms with E-state index in [2.05, 4.69) is 5.32 Å². The van der Waals surface area contributed by atoms with E-state index in [4.69, 9.17) is 13.9 Å². The molecule has 1 aromatic carbocycles. The number of Topliss-reactive ketones (excluding diaryl/α,β-unsaturated/α-hetero) is 1. The largest absolute Gasteiger partial charge is 0.492 e. The monoisotopic (exact) mass is 461 g/mol. The molecule has 0 unspecified atom stereocenters. The predicted octanol–water partition coefficient (Wildman–Crippen LogP) is 4.87. The zero-order valence-electron chi connectivity index (χ0n) is 19.3. The van der Waals surface area contributed by atoms with E-state index >= 15 is 0 Å². The van der Waals surface area contributed by atoms with Crippen molar-refractivity contribution in [2.24, 2.45) is 0 Å². The number of hydrogen-bond donors (Lipinski definition) is 1. The Morgan fingerprint density at radius 3 is 2.44 bits per heavy atom. The number of hydrogen-bond acceptors (Lipinski definition) is 5. The molecule has 0 aliphatic heterocycles. The van der Waals surface area contributed by atoms with Crippen molar-refractivity contribution < 1.29 is 27.9 Å². The number of benzene rings is 1. The number of carbonyl (C=O) groups is 2. The standard InChI is InChI=1S/C27H24FNO5/c1-15-21(10-17-11-23(32-3)26(30)24(12-17)33-4)20-8-7-18(28)13-22(20)25(15)16(2)27(31)29-14-19-6-5-9-34-19/h5-13H,14H2,1-4H3,(H,29,31). The molecule has 0 fully saturated rings. The average Bonchev–Trinajstić information content (AvgIpc) is 3.44. The molecule has 1 aromatic heterocycles. The van der Waals surface area contributed by atoms with Gasteiger partial charge in [0.05, 0.1) is 27.0 Å². The number of amides is 1. The predicted molar refractivity (Wildman–Crippen MR) is 125 cm³/mol. The number of nitrogens with one attached hydrogen (secondary N) is 1. The van der Waals surface area contributed by atoms with Crippen LogP contribution < -0.4 is 5.32 Å². The lowest BCUT2D eigenvalue weighted by atomic mass is 9.98. The average molecular weight is 461 g/mol. The lowest BCUT2D eigenvalue weighted by molar-refractivity contribution is -0.118. The van der Waals surface area contributed by atoms with Gasteiger partial charge >= 0.3 is 0 Å². The van der Waals surface area contributed by atoms with Crippen molar-refractivity contribution in [3.05, 3.63) is 106 Å². The van der Waals surface area contributed by atoms with Crippen LogP contribution in [0.25, 0.3) is 11.1 Å². The molecule has 0 saturated carbocycles. The maximum atomic E-state index is 14.2. The van der Waals surface area contributed by atoms with Gasteiger partial charge in [0, 0.05) is 5.57 Å². The number of ether oxygens (including phenoxy) is 2. The van der Waals surface area contributed by atoms with Crippen LogP contribution in [0.3, 0.4) is 0 Å². The van der Waals surface area contributed by atoms with Gasteiger partial charge < -0.3 is 19.2 Å². The molecule has 1 amide bonds. The number of carbonyl (C=O) groups excluding carboxylic acids is 2. The van der Waals surface area contributed by atoms with Crippen LogP contribution in [0.15, 0.2) is 87.5 Å². The van der Waals surface area contributed by atoms with E-state index < -0.39 is 5.82 Å². The molecular formula is C27H24FNO5. The van der Waals surface area contributed by atoms with Crippen LogP contribution in [-0.4, -0.2) is 25.9 Å². The zero-order chi connectivity index (χ0) is 24.4. The summed E-state index contributed by atoms with van der Waals surface area (Å²) in [7, 11) is 2.84. The van der Waals surface area contributed by atoms with E-state index in [1.54, 1.807) is 43.5 Å². The molecule has 0 spiro atoms. The van der Waals surface area contributed by atoms with E-state index in [9.17, 15) is 14.0 Å². The molecule has 2 aromatic rings. The van der Waals surface area contributed by atoms with Crippen molar-refractivity contribution in [1.82, 2.24) is 5.32 Å². The van der Waals surface area contributed by atoms with Gasteiger partial charge in [-0.1, -0.05) is 6.07 Å². The van der Waals surface area contributed by atoms with Crippen molar-refractivity contribution in [3.8, 4) is 0 Å². The second-order valence-electron chi connectivity index (χ2n) is 7.89. The minimum absolute atomic E-state index is 0.158. The smallest absolute Gasteiger partial charge is 0.261 e. The van der Waals surface area contributed by atoms with Gasteiger partial charge in [0.2, 0.25) is 5.91 Å². The first-order valence-electron chi connectivity index (χ1n) is 10.6. The Balaban J connectivity index is 1.79. The highest BCUT2D eigenvalue weighted by Gasteiger charge is 2.28. The summed E-state index contributed by atoms with van der Waals surface area (Å²) in [6.45, 7) is 3.85. The lowest BCUT2D eigenvalue weighted by Crippen LogP contribution is -2.24. The van der Waals surface area contributed by atoms with Crippen LogP contribution >= 0.6 is 0 Å². The molecule has 0 radical (unpaired) electrons. The SMILES string of the molecule is COC1=CC(=CC2=C(C)C(=C(C)C(=O)NCc3ccco3)c3cc(F)ccc32)C=C(OC)C1=O. The van der Waals surface area contributed by atoms with Gasteiger partial charge in [-0.05, 0) is 89.8 Å². The third kappa shape index (κ3) is 4.24. The second-order valence-corrected chi connectivity index (χ2v) is 7.89. The highest BCUT2D eigenvalue weighted by atomic mass is 19.1. The molecule has 1 heterocycles. The first kappa shape index (κ1) is 23.0. The number of rotatable bonds is 6. The highest BCUT2D eigenvalue weighted by molar-refractivity contribution is 6.12. The normalized spacial score (nSPS) is 16.6. The number of halogens is 1. The molecule has 0 saturated heterocycles. The third-order valence-electron chi connectivity index (χ3n) is 5.83. The van der Waals surface area contributed by atoms with Crippen LogP contribution in [0, 0.1) is 5.82 Å². The number of allylic oxidation sites excluding steroid dienone is 7. The van der Waals surface area contributed by atoms with E-state index in [-0.39, 0.29) is 29.8 Å². The van der Waals surface area contributed by atoms with Gasteiger partial charge in [-0.15, -0.1) is 0 Å². The fourth-order valence-corrected chi connectivity index (χ4v) is 4.14. The molecule has 34 heavy (non-hydrogen) atoms. The Hall–Kier alpha value is -4.13. The number of furan rings is 1. The molecule has 174 valence electrons. The number of methoxy groups -OCH3 is 2. The minimum Gasteiger partial charge on any atom is -0.492 e. The molecule has 2 aliphatic carbocycles. The zero-order valence-corrected chi connectivity index (χ0v) is 19.3. The highest BCUT2D eigenvalue weighted by Crippen LogP contribution is 2.44. The van der Waals surface area contributed by atoms with Crippen LogP contribution in [0.1, 0.15) is 30.7 Å². The molecule has 2 aliphatic rings. The molecular weight excluding hydrogens is 437 g/mol. The Labute approximate surface area is 196 Å². The first-order valence-corrected chi connectivity index (χ1v) is 10.6. The molecule has 1 N–H and O–H groups in total. The molecule has 0 bridgehead atoms. The molecule has 4 rings (SSSR count). The summed E-state index contributed by atoms with van der Waals surface area (Å²) >= 11 is 0. The summed E-state index contributed by atoms with van der Waals surface area (Å²) in [5.41, 5.74) is 4.85. The molecule has 0 atom stereocenters. The molecule has 7 heteroatoms. The van der Waals surface area contributed by atoms with E-state index in [1.165, 1.54) is 26.4 Å².